The molecule has 164 valence electrons. The van der Waals surface area contributed by atoms with E-state index in [1.807, 2.05) is 12.1 Å². The maximum atomic E-state index is 12.7. The van der Waals surface area contributed by atoms with Crippen LogP contribution >= 0.6 is 0 Å². The number of ether oxygens (including phenoxy) is 4. The van der Waals surface area contributed by atoms with Gasteiger partial charge in [-0.3, -0.25) is 9.59 Å². The summed E-state index contributed by atoms with van der Waals surface area (Å²) in [5.41, 5.74) is 1.62. The molecule has 3 aliphatic rings. The number of methoxy groups -OCH3 is 1. The zero-order valence-corrected chi connectivity index (χ0v) is 17.0. The normalized spacial score (nSPS) is 27.7. The standard InChI is InChI=1S/C21H28N2O7/c1-27-12-19(25)22-13-2-3-17-15(8-13)16-9-14(29-18(11-24)21(16)30-17)10-20(26)23-4-6-28-7-5-23/h2-3,8,14,16,18,21,24H,4-7,9-12H2,1H3,(H,22,25)/t14-,16+,18+,21-/m1/s1. The van der Waals surface area contributed by atoms with E-state index in [0.29, 0.717) is 38.4 Å². The number of rotatable bonds is 6. The van der Waals surface area contributed by atoms with Crippen molar-refractivity contribution in [2.75, 3.05) is 51.9 Å². The molecule has 2 N–H and O–H groups in total. The minimum Gasteiger partial charge on any atom is -0.487 e. The van der Waals surface area contributed by atoms with Gasteiger partial charge in [-0.15, -0.1) is 0 Å². The zero-order valence-electron chi connectivity index (χ0n) is 17.0. The van der Waals surface area contributed by atoms with E-state index in [9.17, 15) is 14.7 Å². The largest absolute Gasteiger partial charge is 0.487 e. The number of aliphatic hydroxyl groups excluding tert-OH is 1. The van der Waals surface area contributed by atoms with Gasteiger partial charge in [-0.1, -0.05) is 0 Å². The first-order chi connectivity index (χ1) is 14.6. The summed E-state index contributed by atoms with van der Waals surface area (Å²) in [4.78, 5) is 26.3. The monoisotopic (exact) mass is 420 g/mol. The third-order valence-electron chi connectivity index (χ3n) is 5.82. The minimum atomic E-state index is -0.509. The average Bonchev–Trinajstić information content (AvgIpc) is 3.12. The molecule has 4 atom stereocenters. The van der Waals surface area contributed by atoms with Crippen LogP contribution in [0.4, 0.5) is 5.69 Å². The van der Waals surface area contributed by atoms with Crippen molar-refractivity contribution in [1.29, 1.82) is 0 Å². The Morgan fingerprint density at radius 1 is 1.30 bits per heavy atom. The van der Waals surface area contributed by atoms with Gasteiger partial charge in [0.05, 0.1) is 32.3 Å². The van der Waals surface area contributed by atoms with E-state index in [4.69, 9.17) is 18.9 Å². The van der Waals surface area contributed by atoms with Crippen LogP contribution in [0.15, 0.2) is 18.2 Å². The Hall–Kier alpha value is -2.20. The van der Waals surface area contributed by atoms with Gasteiger partial charge in [0, 0.05) is 37.4 Å². The Morgan fingerprint density at radius 2 is 2.10 bits per heavy atom. The van der Waals surface area contributed by atoms with Crippen LogP contribution in [0.3, 0.4) is 0 Å². The van der Waals surface area contributed by atoms with Crippen molar-refractivity contribution < 1.29 is 33.6 Å². The van der Waals surface area contributed by atoms with Gasteiger partial charge in [0.25, 0.3) is 0 Å². The fourth-order valence-corrected chi connectivity index (χ4v) is 4.43. The maximum absolute atomic E-state index is 12.7. The van der Waals surface area contributed by atoms with Crippen molar-refractivity contribution in [3.8, 4) is 5.75 Å². The molecule has 1 aromatic carbocycles. The van der Waals surface area contributed by atoms with Gasteiger partial charge in [0.2, 0.25) is 11.8 Å². The van der Waals surface area contributed by atoms with E-state index in [1.165, 1.54) is 7.11 Å². The highest BCUT2D eigenvalue weighted by Crippen LogP contribution is 2.47. The van der Waals surface area contributed by atoms with Crippen LogP contribution in [0.2, 0.25) is 0 Å². The molecular formula is C21H28N2O7. The van der Waals surface area contributed by atoms with E-state index >= 15 is 0 Å². The Balaban J connectivity index is 1.48. The van der Waals surface area contributed by atoms with Crippen LogP contribution in [0, 0.1) is 0 Å². The third kappa shape index (κ3) is 4.44. The molecule has 2 amide bonds. The summed E-state index contributed by atoms with van der Waals surface area (Å²) in [6.45, 7) is 2.09. The Labute approximate surface area is 175 Å². The molecule has 3 heterocycles. The molecule has 0 saturated carbocycles. The lowest BCUT2D eigenvalue weighted by molar-refractivity contribution is -0.151. The number of anilines is 1. The number of carbonyl (C=O) groups is 2. The molecule has 3 aliphatic heterocycles. The van der Waals surface area contributed by atoms with Gasteiger partial charge in [-0.25, -0.2) is 0 Å². The second-order valence-corrected chi connectivity index (χ2v) is 7.83. The summed E-state index contributed by atoms with van der Waals surface area (Å²) >= 11 is 0. The van der Waals surface area contributed by atoms with Gasteiger partial charge < -0.3 is 34.3 Å². The third-order valence-corrected chi connectivity index (χ3v) is 5.82. The lowest BCUT2D eigenvalue weighted by Crippen LogP contribution is -2.48. The fourth-order valence-electron chi connectivity index (χ4n) is 4.43. The van der Waals surface area contributed by atoms with Crippen LogP contribution in [-0.2, 0) is 23.8 Å². The molecule has 4 rings (SSSR count). The van der Waals surface area contributed by atoms with Gasteiger partial charge in [0.15, 0.2) is 0 Å². The van der Waals surface area contributed by atoms with Crippen LogP contribution < -0.4 is 10.1 Å². The summed E-state index contributed by atoms with van der Waals surface area (Å²) in [5, 5.41) is 12.7. The maximum Gasteiger partial charge on any atom is 0.250 e. The number of aliphatic hydroxyl groups is 1. The first-order valence-electron chi connectivity index (χ1n) is 10.3. The average molecular weight is 420 g/mol. The van der Waals surface area contributed by atoms with Crippen LogP contribution in [0.25, 0.3) is 0 Å². The number of carbonyl (C=O) groups excluding carboxylic acids is 2. The van der Waals surface area contributed by atoms with Gasteiger partial charge >= 0.3 is 0 Å². The molecule has 0 aliphatic carbocycles. The summed E-state index contributed by atoms with van der Waals surface area (Å²) < 4.78 is 22.3. The SMILES string of the molecule is COCC(=O)Nc1ccc2c(c1)[C@@H]1C[C@H](CC(=O)N3CCOCC3)O[C@@H](CO)[C@@H]1O2. The topological polar surface area (TPSA) is 107 Å². The number of hydrogen-bond donors (Lipinski definition) is 2. The number of nitrogens with zero attached hydrogens (tertiary/aromatic N) is 1. The number of amides is 2. The second kappa shape index (κ2) is 9.30. The summed E-state index contributed by atoms with van der Waals surface area (Å²) in [5.74, 6) is 0.505. The van der Waals surface area contributed by atoms with Crippen LogP contribution in [0.5, 0.6) is 5.75 Å². The van der Waals surface area contributed by atoms with Crippen molar-refractivity contribution >= 4 is 17.5 Å². The molecule has 0 aromatic heterocycles. The fraction of sp³-hybridized carbons (Fsp3) is 0.619. The number of benzene rings is 1. The Morgan fingerprint density at radius 3 is 2.83 bits per heavy atom. The lowest BCUT2D eigenvalue weighted by Gasteiger charge is -2.38. The molecule has 2 saturated heterocycles. The van der Waals surface area contributed by atoms with Gasteiger partial charge in [0.1, 0.15) is 24.6 Å². The van der Waals surface area contributed by atoms with Crippen molar-refractivity contribution in [2.45, 2.75) is 37.1 Å². The number of hydrogen-bond acceptors (Lipinski definition) is 7. The summed E-state index contributed by atoms with van der Waals surface area (Å²) in [6, 6.07) is 5.49. The Kier molecular flexibility index (Phi) is 6.52. The smallest absolute Gasteiger partial charge is 0.250 e. The Bertz CT molecular complexity index is 781. The van der Waals surface area contributed by atoms with Crippen molar-refractivity contribution in [1.82, 2.24) is 4.90 Å². The van der Waals surface area contributed by atoms with Gasteiger partial charge in [-0.05, 0) is 24.6 Å². The molecule has 2 fully saturated rings. The van der Waals surface area contributed by atoms with E-state index in [1.54, 1.807) is 11.0 Å². The molecule has 9 heteroatoms. The molecule has 0 radical (unpaired) electrons. The molecule has 0 unspecified atom stereocenters. The molecule has 9 nitrogen and oxygen atoms in total. The van der Waals surface area contributed by atoms with E-state index in [2.05, 4.69) is 5.32 Å². The van der Waals surface area contributed by atoms with Gasteiger partial charge in [-0.2, -0.15) is 0 Å². The highest BCUT2D eigenvalue weighted by atomic mass is 16.6. The first kappa shape index (κ1) is 21.0. The van der Waals surface area contributed by atoms with Crippen molar-refractivity contribution in [3.63, 3.8) is 0 Å². The number of nitrogens with one attached hydrogen (secondary N) is 1. The van der Waals surface area contributed by atoms with Crippen LogP contribution in [0.1, 0.15) is 24.3 Å². The molecule has 30 heavy (non-hydrogen) atoms. The number of fused-ring (bicyclic) bond motifs is 3. The van der Waals surface area contributed by atoms with E-state index < -0.39 is 6.10 Å². The second-order valence-electron chi connectivity index (χ2n) is 7.83. The van der Waals surface area contributed by atoms with E-state index in [0.717, 1.165) is 11.3 Å². The summed E-state index contributed by atoms with van der Waals surface area (Å²) in [6.07, 6.45) is -0.256. The first-order valence-corrected chi connectivity index (χ1v) is 10.3. The highest BCUT2D eigenvalue weighted by molar-refractivity contribution is 5.92. The summed E-state index contributed by atoms with van der Waals surface area (Å²) in [7, 11) is 1.47. The number of morpholine rings is 1. The van der Waals surface area contributed by atoms with Crippen molar-refractivity contribution in [2.24, 2.45) is 0 Å². The lowest BCUT2D eigenvalue weighted by atomic mass is 9.84. The van der Waals surface area contributed by atoms with E-state index in [-0.39, 0.29) is 49.6 Å². The molecular weight excluding hydrogens is 392 g/mol. The molecule has 0 spiro atoms. The predicted molar refractivity (Wildman–Crippen MR) is 106 cm³/mol. The molecule has 0 bridgehead atoms. The van der Waals surface area contributed by atoms with Crippen molar-refractivity contribution in [3.05, 3.63) is 23.8 Å². The minimum absolute atomic E-state index is 0.0207. The zero-order chi connectivity index (χ0) is 21.1. The highest BCUT2D eigenvalue weighted by Gasteiger charge is 2.46. The molecule has 1 aromatic rings. The van der Waals surface area contributed by atoms with Crippen LogP contribution in [-0.4, -0.2) is 86.8 Å². The quantitative estimate of drug-likeness (QED) is 0.691. The predicted octanol–water partition coefficient (Wildman–Crippen LogP) is 0.515.